The van der Waals surface area contributed by atoms with Crippen LogP contribution >= 0.6 is 15.9 Å². The van der Waals surface area contributed by atoms with E-state index in [4.69, 9.17) is 14.2 Å². The van der Waals surface area contributed by atoms with E-state index in [-0.39, 0.29) is 12.1 Å². The fourth-order valence-corrected chi connectivity index (χ4v) is 2.49. The largest absolute Gasteiger partial charge is 0.495 e. The lowest BCUT2D eigenvalue weighted by Crippen LogP contribution is -2.24. The van der Waals surface area contributed by atoms with Crippen molar-refractivity contribution in [3.63, 3.8) is 0 Å². The van der Waals surface area contributed by atoms with E-state index in [1.165, 1.54) is 0 Å². The molecule has 0 saturated carbocycles. The van der Waals surface area contributed by atoms with Crippen molar-refractivity contribution in [1.29, 1.82) is 0 Å². The molecule has 0 radical (unpaired) electrons. The molecule has 0 aromatic heterocycles. The molecule has 0 bridgehead atoms. The Morgan fingerprint density at radius 1 is 1.21 bits per heavy atom. The van der Waals surface area contributed by atoms with Crippen LogP contribution in [0.2, 0.25) is 0 Å². The Balaban J connectivity index is 3.06. The van der Waals surface area contributed by atoms with Crippen molar-refractivity contribution < 1.29 is 14.2 Å². The summed E-state index contributed by atoms with van der Waals surface area (Å²) in [5.74, 6) is 1.52. The zero-order chi connectivity index (χ0) is 14.4. The molecule has 0 fully saturated rings. The molecule has 19 heavy (non-hydrogen) atoms. The molecular weight excluding hydrogens is 310 g/mol. The predicted octanol–water partition coefficient (Wildman–Crippen LogP) is 3.15. The normalized spacial score (nSPS) is 12.6. The molecule has 5 heteroatoms. The second-order valence-corrected chi connectivity index (χ2v) is 5.22. The number of rotatable bonds is 7. The van der Waals surface area contributed by atoms with Gasteiger partial charge >= 0.3 is 0 Å². The highest BCUT2D eigenvalue weighted by Gasteiger charge is 2.19. The van der Waals surface area contributed by atoms with Crippen LogP contribution in [-0.4, -0.2) is 34.0 Å². The summed E-state index contributed by atoms with van der Waals surface area (Å²) in [6, 6.07) is 3.98. The van der Waals surface area contributed by atoms with Crippen LogP contribution in [0.25, 0.3) is 0 Å². The highest BCUT2D eigenvalue weighted by Crippen LogP contribution is 2.39. The van der Waals surface area contributed by atoms with Crippen molar-refractivity contribution in [1.82, 2.24) is 5.32 Å². The zero-order valence-corrected chi connectivity index (χ0v) is 13.7. The van der Waals surface area contributed by atoms with Crippen LogP contribution in [0.15, 0.2) is 16.6 Å². The number of methoxy groups -OCH3 is 2. The van der Waals surface area contributed by atoms with Gasteiger partial charge in [-0.05, 0) is 49.0 Å². The van der Waals surface area contributed by atoms with Crippen LogP contribution < -0.4 is 14.8 Å². The van der Waals surface area contributed by atoms with Gasteiger partial charge in [-0.25, -0.2) is 0 Å². The summed E-state index contributed by atoms with van der Waals surface area (Å²) in [6.45, 7) is 4.63. The van der Waals surface area contributed by atoms with Gasteiger partial charge in [-0.15, -0.1) is 0 Å². The van der Waals surface area contributed by atoms with Crippen molar-refractivity contribution in [2.24, 2.45) is 0 Å². The van der Waals surface area contributed by atoms with Gasteiger partial charge in [-0.3, -0.25) is 0 Å². The van der Waals surface area contributed by atoms with Gasteiger partial charge in [0, 0.05) is 5.56 Å². The molecule has 1 N–H and O–H groups in total. The van der Waals surface area contributed by atoms with Crippen molar-refractivity contribution in [2.75, 3.05) is 27.9 Å². The standard InChI is InChI=1S/C14H22BrNO3/c1-9(2)19-8-11(16-3)10-6-7-12(17-4)13(15)14(10)18-5/h6-7,9,11,16H,8H2,1-5H3. The van der Waals surface area contributed by atoms with E-state index >= 15 is 0 Å². The first-order valence-corrected chi connectivity index (χ1v) is 7.03. The summed E-state index contributed by atoms with van der Waals surface area (Å²) in [6.07, 6.45) is 0.198. The molecule has 1 unspecified atom stereocenters. The number of nitrogens with one attached hydrogen (secondary N) is 1. The third-order valence-electron chi connectivity index (χ3n) is 2.84. The summed E-state index contributed by atoms with van der Waals surface area (Å²) in [5.41, 5.74) is 1.04. The lowest BCUT2D eigenvalue weighted by Gasteiger charge is -2.22. The Morgan fingerprint density at radius 3 is 2.37 bits per heavy atom. The summed E-state index contributed by atoms with van der Waals surface area (Å²) in [5, 5.41) is 3.25. The van der Waals surface area contributed by atoms with Crippen molar-refractivity contribution in [2.45, 2.75) is 26.0 Å². The molecule has 1 aromatic carbocycles. The Morgan fingerprint density at radius 2 is 1.89 bits per heavy atom. The highest BCUT2D eigenvalue weighted by molar-refractivity contribution is 9.10. The maximum absolute atomic E-state index is 5.68. The third kappa shape index (κ3) is 4.09. The van der Waals surface area contributed by atoms with Gasteiger partial charge in [-0.1, -0.05) is 0 Å². The molecule has 4 nitrogen and oxygen atoms in total. The number of hydrogen-bond donors (Lipinski definition) is 1. The SMILES string of the molecule is CNC(COC(C)C)c1ccc(OC)c(Br)c1OC. The average Bonchev–Trinajstić information content (AvgIpc) is 2.39. The number of ether oxygens (including phenoxy) is 3. The maximum atomic E-state index is 5.68. The van der Waals surface area contributed by atoms with E-state index in [1.807, 2.05) is 33.0 Å². The Labute approximate surface area is 123 Å². The molecule has 0 heterocycles. The van der Waals surface area contributed by atoms with E-state index in [9.17, 15) is 0 Å². The summed E-state index contributed by atoms with van der Waals surface area (Å²) >= 11 is 3.51. The number of hydrogen-bond acceptors (Lipinski definition) is 4. The van der Waals surface area contributed by atoms with Crippen molar-refractivity contribution in [3.05, 3.63) is 22.2 Å². The van der Waals surface area contributed by atoms with Gasteiger partial charge in [0.1, 0.15) is 16.0 Å². The van der Waals surface area contributed by atoms with Crippen LogP contribution in [0.3, 0.4) is 0 Å². The zero-order valence-electron chi connectivity index (χ0n) is 12.1. The Bertz CT molecular complexity index is 410. The minimum Gasteiger partial charge on any atom is -0.495 e. The van der Waals surface area contributed by atoms with E-state index < -0.39 is 0 Å². The quantitative estimate of drug-likeness (QED) is 0.833. The van der Waals surface area contributed by atoms with E-state index in [0.717, 1.165) is 21.5 Å². The highest BCUT2D eigenvalue weighted by atomic mass is 79.9. The number of halogens is 1. The summed E-state index contributed by atoms with van der Waals surface area (Å²) in [4.78, 5) is 0. The smallest absolute Gasteiger partial charge is 0.141 e. The van der Waals surface area contributed by atoms with Crippen LogP contribution in [-0.2, 0) is 4.74 Å². The van der Waals surface area contributed by atoms with Gasteiger partial charge in [0.2, 0.25) is 0 Å². The summed E-state index contributed by atoms with van der Waals surface area (Å²) in [7, 11) is 5.20. The van der Waals surface area contributed by atoms with Gasteiger partial charge in [0.05, 0.1) is 33.0 Å². The third-order valence-corrected chi connectivity index (χ3v) is 3.59. The summed E-state index contributed by atoms with van der Waals surface area (Å²) < 4.78 is 17.3. The van der Waals surface area contributed by atoms with Gasteiger partial charge in [-0.2, -0.15) is 0 Å². The Hall–Kier alpha value is -0.780. The molecule has 0 aliphatic heterocycles. The average molecular weight is 332 g/mol. The molecule has 1 aromatic rings. The first-order valence-electron chi connectivity index (χ1n) is 6.24. The number of benzene rings is 1. The second-order valence-electron chi connectivity index (χ2n) is 4.43. The first-order chi connectivity index (χ1) is 9.04. The van der Waals surface area contributed by atoms with Gasteiger partial charge in [0.25, 0.3) is 0 Å². The van der Waals surface area contributed by atoms with Crippen molar-refractivity contribution >= 4 is 15.9 Å². The molecule has 108 valence electrons. The fourth-order valence-electron chi connectivity index (χ4n) is 1.81. The molecule has 0 amide bonds. The Kier molecular flexibility index (Phi) is 6.62. The fraction of sp³-hybridized carbons (Fsp3) is 0.571. The van der Waals surface area contributed by atoms with Crippen LogP contribution in [0.4, 0.5) is 0 Å². The van der Waals surface area contributed by atoms with Gasteiger partial charge < -0.3 is 19.5 Å². The first kappa shape index (κ1) is 16.3. The molecule has 0 spiro atoms. The predicted molar refractivity (Wildman–Crippen MR) is 80.1 cm³/mol. The minimum atomic E-state index is 0.0690. The van der Waals surface area contributed by atoms with Gasteiger partial charge in [0.15, 0.2) is 0 Å². The van der Waals surface area contributed by atoms with E-state index in [0.29, 0.717) is 6.61 Å². The minimum absolute atomic E-state index is 0.0690. The topological polar surface area (TPSA) is 39.7 Å². The maximum Gasteiger partial charge on any atom is 0.141 e. The molecule has 0 saturated heterocycles. The van der Waals surface area contributed by atoms with Crippen LogP contribution in [0.1, 0.15) is 25.5 Å². The molecule has 0 aliphatic carbocycles. The lowest BCUT2D eigenvalue weighted by atomic mass is 10.1. The molecule has 1 rings (SSSR count). The van der Waals surface area contributed by atoms with E-state index in [1.54, 1.807) is 14.2 Å². The monoisotopic (exact) mass is 331 g/mol. The molecule has 1 atom stereocenters. The number of likely N-dealkylation sites (N-methyl/N-ethyl adjacent to an activating group) is 1. The van der Waals surface area contributed by atoms with Crippen LogP contribution in [0, 0.1) is 0 Å². The van der Waals surface area contributed by atoms with E-state index in [2.05, 4.69) is 21.2 Å². The molecular formula is C14H22BrNO3. The van der Waals surface area contributed by atoms with Crippen molar-refractivity contribution in [3.8, 4) is 11.5 Å². The lowest BCUT2D eigenvalue weighted by molar-refractivity contribution is 0.0621. The second kappa shape index (κ2) is 7.72. The van der Waals surface area contributed by atoms with Crippen LogP contribution in [0.5, 0.6) is 11.5 Å². The molecule has 0 aliphatic rings.